The van der Waals surface area contributed by atoms with Crippen molar-refractivity contribution in [3.8, 4) is 0 Å². The van der Waals surface area contributed by atoms with E-state index in [1.807, 2.05) is 0 Å². The topological polar surface area (TPSA) is 17.1 Å². The van der Waals surface area contributed by atoms with Gasteiger partial charge in [-0.15, -0.1) is 11.6 Å². The lowest BCUT2D eigenvalue weighted by atomic mass is 10.1. The van der Waals surface area contributed by atoms with Gasteiger partial charge in [0.15, 0.2) is 5.78 Å². The Kier molecular flexibility index (Phi) is 4.38. The fraction of sp³-hybridized carbons (Fsp3) is 0.300. The normalized spacial score (nSPS) is 11.6. The van der Waals surface area contributed by atoms with Crippen LogP contribution in [0.2, 0.25) is 0 Å². The van der Waals surface area contributed by atoms with Crippen molar-refractivity contribution in [2.45, 2.75) is 12.6 Å². The molecule has 16 heavy (non-hydrogen) atoms. The Morgan fingerprint density at radius 1 is 1.38 bits per heavy atom. The van der Waals surface area contributed by atoms with E-state index in [1.165, 1.54) is 0 Å². The maximum atomic E-state index is 12.3. The second-order valence-corrected chi connectivity index (χ2v) is 4.29. The summed E-state index contributed by atoms with van der Waals surface area (Å²) in [6.07, 6.45) is -4.30. The lowest BCUT2D eigenvalue weighted by Gasteiger charge is -2.09. The van der Waals surface area contributed by atoms with Crippen molar-refractivity contribution < 1.29 is 18.0 Å². The number of rotatable bonds is 3. The van der Waals surface area contributed by atoms with Crippen molar-refractivity contribution >= 4 is 33.3 Å². The summed E-state index contributed by atoms with van der Waals surface area (Å²) in [7, 11) is 0. The molecule has 0 saturated heterocycles. The Bertz CT molecular complexity index is 404. The number of carbonyl (C=O) groups is 1. The third kappa shape index (κ3) is 3.22. The predicted octanol–water partition coefficient (Wildman–Crippen LogP) is 4.28. The van der Waals surface area contributed by atoms with E-state index < -0.39 is 11.7 Å². The molecule has 0 heterocycles. The van der Waals surface area contributed by atoms with Crippen molar-refractivity contribution in [3.05, 3.63) is 33.8 Å². The smallest absolute Gasteiger partial charge is 0.294 e. The van der Waals surface area contributed by atoms with Crippen molar-refractivity contribution in [2.24, 2.45) is 0 Å². The van der Waals surface area contributed by atoms with Gasteiger partial charge in [-0.1, -0.05) is 15.9 Å². The first-order chi connectivity index (χ1) is 7.36. The van der Waals surface area contributed by atoms with Crippen molar-refractivity contribution in [2.75, 3.05) is 5.88 Å². The van der Waals surface area contributed by atoms with Gasteiger partial charge in [0.25, 0.3) is 0 Å². The van der Waals surface area contributed by atoms with Crippen LogP contribution in [0.4, 0.5) is 13.2 Å². The number of hydrogen-bond acceptors (Lipinski definition) is 1. The molecule has 0 unspecified atom stereocenters. The predicted molar refractivity (Wildman–Crippen MR) is 58.8 cm³/mol. The van der Waals surface area contributed by atoms with Crippen LogP contribution in [0, 0.1) is 0 Å². The van der Waals surface area contributed by atoms with Crippen molar-refractivity contribution in [3.63, 3.8) is 0 Å². The summed E-state index contributed by atoms with van der Waals surface area (Å²) >= 11 is 8.33. The Balaban J connectivity index is 3.05. The molecular formula is C10H7BrClF3O. The van der Waals surface area contributed by atoms with Crippen LogP contribution in [0.1, 0.15) is 22.3 Å². The molecule has 0 radical (unpaired) electrons. The van der Waals surface area contributed by atoms with E-state index in [9.17, 15) is 18.0 Å². The average Bonchev–Trinajstić information content (AvgIpc) is 2.16. The van der Waals surface area contributed by atoms with Gasteiger partial charge < -0.3 is 0 Å². The van der Waals surface area contributed by atoms with Crippen LogP contribution in [0.5, 0.6) is 0 Å². The first-order valence-corrected chi connectivity index (χ1v) is 5.65. The summed E-state index contributed by atoms with van der Waals surface area (Å²) < 4.78 is 37.1. The van der Waals surface area contributed by atoms with Gasteiger partial charge in [-0.3, -0.25) is 4.79 Å². The van der Waals surface area contributed by atoms with Crippen molar-refractivity contribution in [1.29, 1.82) is 0 Å². The quantitative estimate of drug-likeness (QED) is 0.601. The summed E-state index contributed by atoms with van der Waals surface area (Å²) in [6.45, 7) is 0. The summed E-state index contributed by atoms with van der Waals surface area (Å²) in [5.74, 6) is -0.137. The fourth-order valence-electron chi connectivity index (χ4n) is 1.14. The highest BCUT2D eigenvalue weighted by molar-refractivity contribution is 9.10. The molecule has 1 aromatic carbocycles. The summed E-state index contributed by atoms with van der Waals surface area (Å²) in [5, 5.41) is 0. The minimum atomic E-state index is -4.41. The Morgan fingerprint density at radius 2 is 2.00 bits per heavy atom. The number of halogens is 5. The molecule has 0 N–H and O–H groups in total. The maximum absolute atomic E-state index is 12.3. The average molecular weight is 316 g/mol. The number of carbonyl (C=O) groups excluding carboxylic acids is 1. The highest BCUT2D eigenvalue weighted by Crippen LogP contribution is 2.32. The van der Waals surface area contributed by atoms with E-state index in [0.717, 1.165) is 18.2 Å². The molecule has 1 nitrogen and oxygen atoms in total. The molecule has 0 amide bonds. The molecule has 0 bridgehead atoms. The number of hydrogen-bond donors (Lipinski definition) is 0. The zero-order valence-corrected chi connectivity index (χ0v) is 10.3. The van der Waals surface area contributed by atoms with Gasteiger partial charge >= 0.3 is 6.18 Å². The Morgan fingerprint density at radius 3 is 2.44 bits per heavy atom. The molecule has 0 aliphatic heterocycles. The van der Waals surface area contributed by atoms with E-state index in [1.54, 1.807) is 0 Å². The molecule has 0 spiro atoms. The van der Waals surface area contributed by atoms with Crippen LogP contribution < -0.4 is 0 Å². The molecule has 1 aromatic rings. The SMILES string of the molecule is O=C(CCCl)c1ccc(C(F)(F)F)cc1Br. The molecule has 88 valence electrons. The second kappa shape index (κ2) is 5.19. The van der Waals surface area contributed by atoms with E-state index in [0.29, 0.717) is 0 Å². The van der Waals surface area contributed by atoms with Gasteiger partial charge in [0.1, 0.15) is 0 Å². The monoisotopic (exact) mass is 314 g/mol. The van der Waals surface area contributed by atoms with Gasteiger partial charge in [0.2, 0.25) is 0 Å². The minimum Gasteiger partial charge on any atom is -0.294 e. The van der Waals surface area contributed by atoms with E-state index in [4.69, 9.17) is 11.6 Å². The molecule has 1 rings (SSSR count). The van der Waals surface area contributed by atoms with Crippen LogP contribution in [-0.2, 0) is 6.18 Å². The van der Waals surface area contributed by atoms with Crippen LogP contribution in [0.25, 0.3) is 0 Å². The lowest BCUT2D eigenvalue weighted by Crippen LogP contribution is -2.07. The largest absolute Gasteiger partial charge is 0.416 e. The van der Waals surface area contributed by atoms with E-state index >= 15 is 0 Å². The van der Waals surface area contributed by atoms with E-state index in [-0.39, 0.29) is 28.1 Å². The Hall–Kier alpha value is -0.550. The van der Waals surface area contributed by atoms with Crippen molar-refractivity contribution in [1.82, 2.24) is 0 Å². The maximum Gasteiger partial charge on any atom is 0.416 e. The lowest BCUT2D eigenvalue weighted by molar-refractivity contribution is -0.137. The highest BCUT2D eigenvalue weighted by Gasteiger charge is 2.31. The number of ketones is 1. The molecule has 0 atom stereocenters. The molecule has 0 aliphatic rings. The van der Waals surface area contributed by atoms with Crippen LogP contribution in [-0.4, -0.2) is 11.7 Å². The first-order valence-electron chi connectivity index (χ1n) is 4.32. The molecule has 0 aliphatic carbocycles. The number of Topliss-reactive ketones (excluding diaryl/α,β-unsaturated/α-hetero) is 1. The summed E-state index contributed by atoms with van der Waals surface area (Å²) in [4.78, 5) is 11.4. The van der Waals surface area contributed by atoms with Gasteiger partial charge in [-0.2, -0.15) is 13.2 Å². The van der Waals surface area contributed by atoms with Crippen LogP contribution in [0.3, 0.4) is 0 Å². The van der Waals surface area contributed by atoms with Crippen LogP contribution in [0.15, 0.2) is 22.7 Å². The number of alkyl halides is 4. The number of benzene rings is 1. The standard InChI is InChI=1S/C10H7BrClF3O/c11-8-5-6(10(13,14)15)1-2-7(8)9(16)3-4-12/h1-2,5H,3-4H2. The van der Waals surface area contributed by atoms with Gasteiger partial charge in [0.05, 0.1) is 5.56 Å². The van der Waals surface area contributed by atoms with Crippen LogP contribution >= 0.6 is 27.5 Å². The first kappa shape index (κ1) is 13.5. The zero-order valence-electron chi connectivity index (χ0n) is 7.94. The summed E-state index contributed by atoms with van der Waals surface area (Å²) in [6, 6.07) is 2.93. The molecular weight excluding hydrogens is 308 g/mol. The molecule has 0 saturated carbocycles. The minimum absolute atomic E-state index is 0.103. The second-order valence-electron chi connectivity index (χ2n) is 3.05. The van der Waals surface area contributed by atoms with Gasteiger partial charge in [0, 0.05) is 22.3 Å². The molecule has 6 heteroatoms. The third-order valence-electron chi connectivity index (χ3n) is 1.92. The van der Waals surface area contributed by atoms with E-state index in [2.05, 4.69) is 15.9 Å². The third-order valence-corrected chi connectivity index (χ3v) is 2.76. The Labute approximate surface area is 104 Å². The summed E-state index contributed by atoms with van der Waals surface area (Å²) in [5.41, 5.74) is -0.574. The molecule has 0 aromatic heterocycles. The van der Waals surface area contributed by atoms with Gasteiger partial charge in [-0.25, -0.2) is 0 Å². The molecule has 0 fully saturated rings. The van der Waals surface area contributed by atoms with Gasteiger partial charge in [-0.05, 0) is 18.2 Å². The highest BCUT2D eigenvalue weighted by atomic mass is 79.9. The fourth-order valence-corrected chi connectivity index (χ4v) is 1.91. The zero-order chi connectivity index (χ0) is 12.3.